The predicted octanol–water partition coefficient (Wildman–Crippen LogP) is 0.479. The molecule has 2 atom stereocenters. The first kappa shape index (κ1) is 27.9. The van der Waals surface area contributed by atoms with Gasteiger partial charge in [0.15, 0.2) is 5.76 Å². The average Bonchev–Trinajstić information content (AvgIpc) is 3.37. The lowest BCUT2D eigenvalue weighted by Gasteiger charge is -2.26. The standard InChI is InChI=1S/C27H32N4O6/c1-20(32)25(27(34)30-35)29-26(33)22-9-7-21(8-10-22)5-2-3-6-23-11-12-24(37-23)19-28-13-4-14-31-15-17-36-18-16-31/h7-12,20,25,28,32,35H,4,13-19H2,1H3,(H,29,33)(H,30,34)/t20-,25-/m0/s1. The number of hydrogen-bond acceptors (Lipinski definition) is 8. The molecule has 1 aliphatic heterocycles. The number of nitrogens with zero attached hydrogens (tertiary/aromatic N) is 1. The number of rotatable bonds is 10. The Balaban J connectivity index is 1.42. The molecule has 0 spiro atoms. The summed E-state index contributed by atoms with van der Waals surface area (Å²) in [7, 11) is 0. The van der Waals surface area contributed by atoms with E-state index in [9.17, 15) is 14.7 Å². The van der Waals surface area contributed by atoms with Crippen LogP contribution in [0.3, 0.4) is 0 Å². The first-order chi connectivity index (χ1) is 18.0. The minimum atomic E-state index is -1.29. The number of hydrogen-bond donors (Lipinski definition) is 5. The molecule has 196 valence electrons. The number of amides is 2. The summed E-state index contributed by atoms with van der Waals surface area (Å²) in [4.78, 5) is 26.3. The summed E-state index contributed by atoms with van der Waals surface area (Å²) in [6.07, 6.45) is -0.121. The third-order valence-corrected chi connectivity index (χ3v) is 5.66. The smallest absolute Gasteiger partial charge is 0.268 e. The van der Waals surface area contributed by atoms with E-state index < -0.39 is 24.0 Å². The van der Waals surface area contributed by atoms with Gasteiger partial charge in [-0.2, -0.15) is 0 Å². The Morgan fingerprint density at radius 3 is 2.51 bits per heavy atom. The van der Waals surface area contributed by atoms with Crippen molar-refractivity contribution in [2.24, 2.45) is 0 Å². The van der Waals surface area contributed by atoms with Crippen molar-refractivity contribution in [3.8, 4) is 23.7 Å². The van der Waals surface area contributed by atoms with Crippen LogP contribution >= 0.6 is 0 Å². The minimum absolute atomic E-state index is 0.269. The maximum Gasteiger partial charge on any atom is 0.268 e. The number of benzene rings is 1. The minimum Gasteiger partial charge on any atom is -0.451 e. The molecule has 1 aliphatic rings. The Bertz CT molecular complexity index is 1150. The van der Waals surface area contributed by atoms with Gasteiger partial charge in [-0.1, -0.05) is 5.92 Å². The van der Waals surface area contributed by atoms with E-state index in [1.165, 1.54) is 24.5 Å². The number of furan rings is 1. The molecule has 0 unspecified atom stereocenters. The molecule has 37 heavy (non-hydrogen) atoms. The second-order valence-electron chi connectivity index (χ2n) is 8.50. The molecule has 0 saturated carbocycles. The third kappa shape index (κ3) is 9.39. The zero-order valence-corrected chi connectivity index (χ0v) is 20.8. The maximum atomic E-state index is 12.3. The molecule has 0 bridgehead atoms. The maximum absolute atomic E-state index is 12.3. The van der Waals surface area contributed by atoms with Gasteiger partial charge in [-0.15, -0.1) is 0 Å². The Morgan fingerprint density at radius 2 is 1.81 bits per heavy atom. The van der Waals surface area contributed by atoms with Crippen LogP contribution < -0.4 is 16.1 Å². The number of aliphatic hydroxyl groups is 1. The summed E-state index contributed by atoms with van der Waals surface area (Å²) in [6, 6.07) is 8.77. The van der Waals surface area contributed by atoms with Gasteiger partial charge in [-0.25, -0.2) is 5.48 Å². The molecule has 3 rings (SSSR count). The molecule has 1 saturated heterocycles. The monoisotopic (exact) mass is 508 g/mol. The third-order valence-electron chi connectivity index (χ3n) is 5.66. The van der Waals surface area contributed by atoms with Crippen molar-refractivity contribution in [3.63, 3.8) is 0 Å². The molecular formula is C27H32N4O6. The van der Waals surface area contributed by atoms with Gasteiger partial charge >= 0.3 is 0 Å². The molecule has 0 aliphatic carbocycles. The number of carbonyl (C=O) groups excluding carboxylic acids is 2. The van der Waals surface area contributed by atoms with E-state index in [2.05, 4.69) is 39.2 Å². The zero-order valence-electron chi connectivity index (χ0n) is 20.8. The second-order valence-corrected chi connectivity index (χ2v) is 8.50. The van der Waals surface area contributed by atoms with Gasteiger partial charge in [0.2, 0.25) is 0 Å². The predicted molar refractivity (Wildman–Crippen MR) is 135 cm³/mol. The fourth-order valence-electron chi connectivity index (χ4n) is 3.60. The van der Waals surface area contributed by atoms with Crippen molar-refractivity contribution < 1.29 is 29.1 Å². The molecule has 1 aromatic heterocycles. The summed E-state index contributed by atoms with van der Waals surface area (Å²) in [6.45, 7) is 7.58. The van der Waals surface area contributed by atoms with Gasteiger partial charge in [0, 0.05) is 24.2 Å². The Morgan fingerprint density at radius 1 is 1.08 bits per heavy atom. The highest BCUT2D eigenvalue weighted by Crippen LogP contribution is 2.07. The molecule has 2 aromatic rings. The van der Waals surface area contributed by atoms with E-state index in [1.807, 2.05) is 12.1 Å². The lowest BCUT2D eigenvalue weighted by molar-refractivity contribution is -0.133. The van der Waals surface area contributed by atoms with Crippen LogP contribution in [0.25, 0.3) is 0 Å². The molecule has 1 aromatic carbocycles. The fraction of sp³-hybridized carbons (Fsp3) is 0.407. The van der Waals surface area contributed by atoms with Crippen LogP contribution in [-0.4, -0.2) is 78.6 Å². The Labute approximate surface area is 216 Å². The van der Waals surface area contributed by atoms with Crippen LogP contribution in [0.4, 0.5) is 0 Å². The zero-order chi connectivity index (χ0) is 26.5. The molecule has 10 nitrogen and oxygen atoms in total. The van der Waals surface area contributed by atoms with Gasteiger partial charge in [0.25, 0.3) is 11.8 Å². The highest BCUT2D eigenvalue weighted by atomic mass is 16.5. The lowest BCUT2D eigenvalue weighted by Crippen LogP contribution is -2.51. The number of carbonyl (C=O) groups is 2. The second kappa shape index (κ2) is 14.8. The lowest BCUT2D eigenvalue weighted by atomic mass is 10.1. The molecular weight excluding hydrogens is 476 g/mol. The van der Waals surface area contributed by atoms with Crippen molar-refractivity contribution in [2.75, 3.05) is 39.4 Å². The summed E-state index contributed by atoms with van der Waals surface area (Å²) < 4.78 is 11.1. The largest absolute Gasteiger partial charge is 0.451 e. The van der Waals surface area contributed by atoms with E-state index in [-0.39, 0.29) is 5.56 Å². The topological polar surface area (TPSA) is 136 Å². The molecule has 0 radical (unpaired) electrons. The van der Waals surface area contributed by atoms with E-state index >= 15 is 0 Å². The normalized spacial score (nSPS) is 14.9. The Kier molecular flexibility index (Phi) is 11.2. The molecule has 5 N–H and O–H groups in total. The quantitative estimate of drug-likeness (QED) is 0.135. The van der Waals surface area contributed by atoms with E-state index in [4.69, 9.17) is 14.4 Å². The van der Waals surface area contributed by atoms with Crippen molar-refractivity contribution in [1.29, 1.82) is 0 Å². The van der Waals surface area contributed by atoms with E-state index in [0.717, 1.165) is 51.6 Å². The van der Waals surface area contributed by atoms with Gasteiger partial charge in [-0.3, -0.25) is 19.7 Å². The van der Waals surface area contributed by atoms with Crippen molar-refractivity contribution >= 4 is 11.8 Å². The molecule has 2 heterocycles. The van der Waals surface area contributed by atoms with Gasteiger partial charge < -0.3 is 24.9 Å². The van der Waals surface area contributed by atoms with Crippen LogP contribution in [-0.2, 0) is 16.1 Å². The van der Waals surface area contributed by atoms with Gasteiger partial charge in [-0.05, 0) is 80.6 Å². The highest BCUT2D eigenvalue weighted by Gasteiger charge is 2.25. The molecule has 10 heteroatoms. The van der Waals surface area contributed by atoms with Crippen LogP contribution in [0.5, 0.6) is 0 Å². The summed E-state index contributed by atoms with van der Waals surface area (Å²) >= 11 is 0. The summed E-state index contributed by atoms with van der Waals surface area (Å²) in [5, 5.41) is 24.1. The first-order valence-electron chi connectivity index (χ1n) is 12.1. The van der Waals surface area contributed by atoms with Crippen LogP contribution in [0.1, 0.15) is 40.8 Å². The summed E-state index contributed by atoms with van der Waals surface area (Å²) in [5.74, 6) is 11.1. The SMILES string of the molecule is C[C@H](O)[C@H](NC(=O)c1ccc(C#CC#Cc2ccc(CNCCCN3CCOCC3)o2)cc1)C(=O)NO. The number of nitrogens with one attached hydrogen (secondary N) is 3. The van der Waals surface area contributed by atoms with Crippen molar-refractivity contribution in [3.05, 3.63) is 59.0 Å². The first-order valence-corrected chi connectivity index (χ1v) is 12.1. The number of hydroxylamine groups is 1. The van der Waals surface area contributed by atoms with Gasteiger partial charge in [0.1, 0.15) is 11.8 Å². The molecule has 1 fully saturated rings. The van der Waals surface area contributed by atoms with Gasteiger partial charge in [0.05, 0.1) is 25.9 Å². The van der Waals surface area contributed by atoms with E-state index in [0.29, 0.717) is 17.9 Å². The number of morpholine rings is 1. The van der Waals surface area contributed by atoms with Crippen molar-refractivity contribution in [2.45, 2.75) is 32.0 Å². The van der Waals surface area contributed by atoms with Crippen molar-refractivity contribution in [1.82, 2.24) is 21.0 Å². The summed E-state index contributed by atoms with van der Waals surface area (Å²) in [5.41, 5.74) is 2.33. The van der Waals surface area contributed by atoms with E-state index in [1.54, 1.807) is 12.1 Å². The highest BCUT2D eigenvalue weighted by molar-refractivity contribution is 5.97. The van der Waals surface area contributed by atoms with Crippen LogP contribution in [0, 0.1) is 23.7 Å². The van der Waals surface area contributed by atoms with Crippen LogP contribution in [0.2, 0.25) is 0 Å². The fourth-order valence-corrected chi connectivity index (χ4v) is 3.60. The van der Waals surface area contributed by atoms with Crippen LogP contribution in [0.15, 0.2) is 40.8 Å². The number of ether oxygens (including phenoxy) is 1. The molecule has 2 amide bonds. The Hall–Kier alpha value is -3.64. The number of aliphatic hydroxyl groups excluding tert-OH is 1. The average molecular weight is 509 g/mol.